The van der Waals surface area contributed by atoms with E-state index < -0.39 is 0 Å². The molecule has 0 aromatic carbocycles. The molecule has 0 saturated carbocycles. The molecule has 0 amide bonds. The van der Waals surface area contributed by atoms with Crippen LogP contribution in [0.2, 0.25) is 0 Å². The van der Waals surface area contributed by atoms with Crippen molar-refractivity contribution in [2.24, 2.45) is 0 Å². The van der Waals surface area contributed by atoms with E-state index in [2.05, 4.69) is 48.3 Å². The van der Waals surface area contributed by atoms with Gasteiger partial charge in [-0.15, -0.1) is 0 Å². The van der Waals surface area contributed by atoms with E-state index in [1.165, 1.54) is 0 Å². The molecule has 0 unspecified atom stereocenters. The molecule has 6 nitrogen and oxygen atoms in total. The Bertz CT molecular complexity index is 561. The van der Waals surface area contributed by atoms with Gasteiger partial charge in [-0.2, -0.15) is 4.98 Å². The normalized spacial score (nSPS) is 13.7. The summed E-state index contributed by atoms with van der Waals surface area (Å²) in [4.78, 5) is 4.40. The summed E-state index contributed by atoms with van der Waals surface area (Å²) < 4.78 is 10.4. The Morgan fingerprint density at radius 2 is 1.85 bits per heavy atom. The van der Waals surface area contributed by atoms with Crippen LogP contribution in [0, 0.1) is 13.8 Å². The Balaban J connectivity index is 2.01. The fraction of sp³-hybridized carbons (Fsp3) is 0.643. The van der Waals surface area contributed by atoms with E-state index in [-0.39, 0.29) is 11.5 Å². The lowest BCUT2D eigenvalue weighted by atomic mass is 9.96. The van der Waals surface area contributed by atoms with Crippen LogP contribution < -0.4 is 5.32 Å². The fourth-order valence-electron chi connectivity index (χ4n) is 2.08. The summed E-state index contributed by atoms with van der Waals surface area (Å²) in [5, 5.41) is 11.3. The predicted octanol–water partition coefficient (Wildman–Crippen LogP) is 2.82. The van der Waals surface area contributed by atoms with Crippen LogP contribution in [-0.2, 0) is 12.0 Å². The molecule has 0 spiro atoms. The molecule has 6 heteroatoms. The standard InChI is InChI=1S/C14H22N4O2/c1-8(12-9(2)17-19-10(12)3)15-7-11-16-13(18-20-11)14(4,5)6/h8,15H,7H2,1-6H3/t8-/m0/s1. The molecule has 110 valence electrons. The van der Waals surface area contributed by atoms with Crippen molar-refractivity contribution in [3.05, 3.63) is 28.7 Å². The molecular formula is C14H22N4O2. The summed E-state index contributed by atoms with van der Waals surface area (Å²) in [5.74, 6) is 2.15. The molecule has 2 aromatic rings. The summed E-state index contributed by atoms with van der Waals surface area (Å²) in [6.07, 6.45) is 0. The van der Waals surface area contributed by atoms with Crippen molar-refractivity contribution in [3.8, 4) is 0 Å². The highest BCUT2D eigenvalue weighted by Gasteiger charge is 2.21. The largest absolute Gasteiger partial charge is 0.361 e. The van der Waals surface area contributed by atoms with Gasteiger partial charge in [0.25, 0.3) is 0 Å². The van der Waals surface area contributed by atoms with E-state index in [1.54, 1.807) is 0 Å². The number of aryl methyl sites for hydroxylation is 2. The van der Waals surface area contributed by atoms with E-state index in [0.29, 0.717) is 12.4 Å². The number of rotatable bonds is 4. The molecule has 2 heterocycles. The van der Waals surface area contributed by atoms with Gasteiger partial charge in [-0.05, 0) is 20.8 Å². The van der Waals surface area contributed by atoms with Gasteiger partial charge in [0.2, 0.25) is 5.89 Å². The highest BCUT2D eigenvalue weighted by atomic mass is 16.5. The molecule has 0 aliphatic heterocycles. The summed E-state index contributed by atoms with van der Waals surface area (Å²) in [7, 11) is 0. The van der Waals surface area contributed by atoms with E-state index in [4.69, 9.17) is 9.05 Å². The van der Waals surface area contributed by atoms with Gasteiger partial charge in [0, 0.05) is 17.0 Å². The van der Waals surface area contributed by atoms with Crippen molar-refractivity contribution in [3.63, 3.8) is 0 Å². The second-order valence-electron chi connectivity index (χ2n) is 6.10. The van der Waals surface area contributed by atoms with E-state index in [0.717, 1.165) is 22.8 Å². The minimum absolute atomic E-state index is 0.102. The van der Waals surface area contributed by atoms with Crippen LogP contribution in [0.4, 0.5) is 0 Å². The van der Waals surface area contributed by atoms with Crippen LogP contribution in [0.1, 0.15) is 62.5 Å². The molecule has 0 aliphatic rings. The van der Waals surface area contributed by atoms with Gasteiger partial charge in [0.05, 0.1) is 12.2 Å². The van der Waals surface area contributed by atoms with Crippen molar-refractivity contribution in [1.29, 1.82) is 0 Å². The number of nitrogens with zero attached hydrogens (tertiary/aromatic N) is 3. The van der Waals surface area contributed by atoms with Gasteiger partial charge in [0.15, 0.2) is 5.82 Å². The number of aromatic nitrogens is 3. The Morgan fingerprint density at radius 1 is 1.15 bits per heavy atom. The lowest BCUT2D eigenvalue weighted by Crippen LogP contribution is -2.19. The maximum atomic E-state index is 5.26. The lowest BCUT2D eigenvalue weighted by molar-refractivity contribution is 0.348. The first-order valence-corrected chi connectivity index (χ1v) is 6.78. The molecule has 2 aromatic heterocycles. The molecule has 0 saturated heterocycles. The summed E-state index contributed by atoms with van der Waals surface area (Å²) in [5.41, 5.74) is 1.89. The zero-order valence-electron chi connectivity index (χ0n) is 12.9. The second-order valence-corrected chi connectivity index (χ2v) is 6.10. The van der Waals surface area contributed by atoms with E-state index in [1.807, 2.05) is 13.8 Å². The van der Waals surface area contributed by atoms with Crippen LogP contribution in [-0.4, -0.2) is 15.3 Å². The summed E-state index contributed by atoms with van der Waals surface area (Å²) in [6.45, 7) is 12.6. The van der Waals surface area contributed by atoms with Gasteiger partial charge < -0.3 is 14.4 Å². The average Bonchev–Trinajstić information content (AvgIpc) is 2.93. The van der Waals surface area contributed by atoms with Crippen molar-refractivity contribution in [2.45, 2.75) is 59.5 Å². The number of nitrogens with one attached hydrogen (secondary N) is 1. The minimum atomic E-state index is -0.102. The maximum Gasteiger partial charge on any atom is 0.240 e. The van der Waals surface area contributed by atoms with E-state index >= 15 is 0 Å². The quantitative estimate of drug-likeness (QED) is 0.926. The molecule has 0 bridgehead atoms. The molecule has 2 rings (SSSR count). The topological polar surface area (TPSA) is 77.0 Å². The van der Waals surface area contributed by atoms with Crippen molar-refractivity contribution in [2.75, 3.05) is 0 Å². The van der Waals surface area contributed by atoms with Gasteiger partial charge in [-0.25, -0.2) is 0 Å². The SMILES string of the molecule is Cc1noc(C)c1[C@H](C)NCc1nc(C(C)(C)C)no1. The summed E-state index contributed by atoms with van der Waals surface area (Å²) >= 11 is 0. The first-order chi connectivity index (χ1) is 9.29. The minimum Gasteiger partial charge on any atom is -0.361 e. The smallest absolute Gasteiger partial charge is 0.240 e. The van der Waals surface area contributed by atoms with Gasteiger partial charge in [-0.1, -0.05) is 31.1 Å². The first kappa shape index (κ1) is 14.7. The van der Waals surface area contributed by atoms with E-state index in [9.17, 15) is 0 Å². The number of hydrogen-bond donors (Lipinski definition) is 1. The Morgan fingerprint density at radius 3 is 2.35 bits per heavy atom. The Hall–Kier alpha value is -1.69. The Kier molecular flexibility index (Phi) is 3.94. The third-order valence-electron chi connectivity index (χ3n) is 3.22. The maximum absolute atomic E-state index is 5.26. The monoisotopic (exact) mass is 278 g/mol. The van der Waals surface area contributed by atoms with Crippen LogP contribution in [0.15, 0.2) is 9.05 Å². The van der Waals surface area contributed by atoms with Crippen LogP contribution in [0.3, 0.4) is 0 Å². The van der Waals surface area contributed by atoms with Gasteiger partial charge >= 0.3 is 0 Å². The molecular weight excluding hydrogens is 256 g/mol. The molecule has 1 atom stereocenters. The third kappa shape index (κ3) is 3.07. The predicted molar refractivity (Wildman–Crippen MR) is 74.2 cm³/mol. The third-order valence-corrected chi connectivity index (χ3v) is 3.22. The first-order valence-electron chi connectivity index (χ1n) is 6.78. The van der Waals surface area contributed by atoms with Crippen LogP contribution in [0.5, 0.6) is 0 Å². The highest BCUT2D eigenvalue weighted by molar-refractivity contribution is 5.24. The van der Waals surface area contributed by atoms with Gasteiger partial charge in [0.1, 0.15) is 5.76 Å². The second kappa shape index (κ2) is 5.36. The van der Waals surface area contributed by atoms with Crippen LogP contribution >= 0.6 is 0 Å². The average molecular weight is 278 g/mol. The zero-order valence-corrected chi connectivity index (χ0v) is 12.9. The van der Waals surface area contributed by atoms with Crippen molar-refractivity contribution in [1.82, 2.24) is 20.6 Å². The van der Waals surface area contributed by atoms with Crippen molar-refractivity contribution >= 4 is 0 Å². The molecule has 0 aliphatic carbocycles. The highest BCUT2D eigenvalue weighted by Crippen LogP contribution is 2.22. The fourth-order valence-corrected chi connectivity index (χ4v) is 2.08. The number of hydrogen-bond acceptors (Lipinski definition) is 6. The zero-order chi connectivity index (χ0) is 14.9. The van der Waals surface area contributed by atoms with Gasteiger partial charge in [-0.3, -0.25) is 0 Å². The molecule has 20 heavy (non-hydrogen) atoms. The molecule has 1 N–H and O–H groups in total. The molecule has 0 radical (unpaired) electrons. The Labute approximate surface area is 118 Å². The summed E-state index contributed by atoms with van der Waals surface area (Å²) in [6, 6.07) is 0.117. The molecule has 0 fully saturated rings. The van der Waals surface area contributed by atoms with Crippen molar-refractivity contribution < 1.29 is 9.05 Å². The van der Waals surface area contributed by atoms with Crippen LogP contribution in [0.25, 0.3) is 0 Å². The lowest BCUT2D eigenvalue weighted by Gasteiger charge is -2.12.